The van der Waals surface area contributed by atoms with Gasteiger partial charge in [0.2, 0.25) is 0 Å². The average molecular weight is 341 g/mol. The summed E-state index contributed by atoms with van der Waals surface area (Å²) in [6, 6.07) is 20.2. The monoisotopic (exact) mass is 341 g/mol. The summed E-state index contributed by atoms with van der Waals surface area (Å²) in [5, 5.41) is 0. The molecule has 130 valence electrons. The van der Waals surface area contributed by atoms with Crippen molar-refractivity contribution in [1.29, 1.82) is 0 Å². The van der Waals surface area contributed by atoms with Crippen molar-refractivity contribution in [1.82, 2.24) is 4.90 Å². The fourth-order valence-electron chi connectivity index (χ4n) is 2.92. The molecule has 0 spiro atoms. The molecule has 0 aromatic heterocycles. The number of ketones is 1. The van der Waals surface area contributed by atoms with Crippen molar-refractivity contribution < 1.29 is 4.79 Å². The van der Waals surface area contributed by atoms with Gasteiger partial charge in [0.15, 0.2) is 5.78 Å². The third-order valence-corrected chi connectivity index (χ3v) is 4.24. The largest absolute Gasteiger partial charge is 0.298 e. The van der Waals surface area contributed by atoms with Crippen molar-refractivity contribution in [2.24, 2.45) is 0 Å². The van der Waals surface area contributed by atoms with Crippen LogP contribution < -0.4 is 0 Å². The van der Waals surface area contributed by atoms with Crippen LogP contribution in [0.3, 0.4) is 0 Å². The predicted octanol–water partition coefficient (Wildman–Crippen LogP) is 4.78. The van der Waals surface area contributed by atoms with E-state index in [1.807, 2.05) is 104 Å². The summed E-state index contributed by atoms with van der Waals surface area (Å²) in [4.78, 5) is 14.9. The van der Waals surface area contributed by atoms with E-state index >= 15 is 0 Å². The first kappa shape index (κ1) is 17.8. The lowest BCUT2D eigenvalue weighted by Crippen LogP contribution is -2.34. The quantitative estimate of drug-likeness (QED) is 0.746. The molecule has 0 unspecified atom stereocenters. The molecule has 2 aromatic carbocycles. The zero-order valence-electron chi connectivity index (χ0n) is 15.0. The highest BCUT2D eigenvalue weighted by atomic mass is 16.1. The lowest BCUT2D eigenvalue weighted by Gasteiger charge is -2.25. The Labute approximate surface area is 155 Å². The van der Waals surface area contributed by atoms with Crippen LogP contribution in [-0.4, -0.2) is 30.8 Å². The second-order valence-electron chi connectivity index (χ2n) is 6.42. The summed E-state index contributed by atoms with van der Waals surface area (Å²) in [6.07, 6.45) is 11.8. The Bertz CT molecular complexity index is 786. The minimum absolute atomic E-state index is 0.138. The van der Waals surface area contributed by atoms with E-state index in [0.717, 1.165) is 22.3 Å². The van der Waals surface area contributed by atoms with Crippen LogP contribution >= 0.6 is 0 Å². The number of Topliss-reactive ketones (excluding diaryl/α,β-unsaturated/α-hetero) is 1. The maximum absolute atomic E-state index is 12.7. The van der Waals surface area contributed by atoms with Gasteiger partial charge >= 0.3 is 0 Å². The van der Waals surface area contributed by atoms with Crippen molar-refractivity contribution in [2.75, 3.05) is 20.1 Å². The van der Waals surface area contributed by atoms with Crippen molar-refractivity contribution in [2.45, 2.75) is 0 Å². The number of likely N-dealkylation sites (N-methyl/N-ethyl adjacent to an activating group) is 1. The maximum Gasteiger partial charge on any atom is 0.187 e. The number of likely N-dealkylation sites (tertiary alicyclic amines) is 1. The highest BCUT2D eigenvalue weighted by molar-refractivity contribution is 6.10. The molecule has 0 aliphatic carbocycles. The number of benzene rings is 2. The highest BCUT2D eigenvalue weighted by Crippen LogP contribution is 2.17. The van der Waals surface area contributed by atoms with Gasteiger partial charge in [0.1, 0.15) is 0 Å². The molecule has 0 N–H and O–H groups in total. The molecule has 0 bridgehead atoms. The third-order valence-electron chi connectivity index (χ3n) is 4.24. The first-order chi connectivity index (χ1) is 12.7. The first-order valence-corrected chi connectivity index (χ1v) is 8.80. The molecule has 1 fully saturated rings. The van der Waals surface area contributed by atoms with Crippen molar-refractivity contribution in [3.05, 3.63) is 107 Å². The van der Waals surface area contributed by atoms with Crippen LogP contribution in [0.4, 0.5) is 0 Å². The SMILES string of the molecule is CN1C/C(=C/C=C\c2ccccc2)C(=O)/C(=C/C=C/c2ccccc2)C1. The molecule has 2 nitrogen and oxygen atoms in total. The van der Waals surface area contributed by atoms with Gasteiger partial charge in [-0.3, -0.25) is 9.69 Å². The summed E-state index contributed by atoms with van der Waals surface area (Å²) in [5.41, 5.74) is 3.90. The molecule has 26 heavy (non-hydrogen) atoms. The Morgan fingerprint density at radius 2 is 1.15 bits per heavy atom. The molecule has 1 aliphatic heterocycles. The van der Waals surface area contributed by atoms with Crippen LogP contribution in [0.25, 0.3) is 12.2 Å². The Morgan fingerprint density at radius 3 is 1.58 bits per heavy atom. The van der Waals surface area contributed by atoms with Gasteiger partial charge in [0.05, 0.1) is 0 Å². The molecular weight excluding hydrogens is 318 g/mol. The number of allylic oxidation sites excluding steroid dienone is 4. The second-order valence-corrected chi connectivity index (χ2v) is 6.42. The van der Waals surface area contributed by atoms with E-state index in [2.05, 4.69) is 4.90 Å². The highest BCUT2D eigenvalue weighted by Gasteiger charge is 2.22. The zero-order chi connectivity index (χ0) is 18.2. The number of hydrogen-bond acceptors (Lipinski definition) is 2. The summed E-state index contributed by atoms with van der Waals surface area (Å²) in [5.74, 6) is 0.138. The fourth-order valence-corrected chi connectivity index (χ4v) is 2.92. The summed E-state index contributed by atoms with van der Waals surface area (Å²) < 4.78 is 0. The van der Waals surface area contributed by atoms with Crippen LogP contribution in [-0.2, 0) is 4.79 Å². The van der Waals surface area contributed by atoms with Gasteiger partial charge in [-0.2, -0.15) is 0 Å². The maximum atomic E-state index is 12.7. The van der Waals surface area contributed by atoms with Gasteiger partial charge in [-0.05, 0) is 18.2 Å². The van der Waals surface area contributed by atoms with Crippen LogP contribution in [0, 0.1) is 0 Å². The Kier molecular flexibility index (Phi) is 6.13. The van der Waals surface area contributed by atoms with Crippen molar-refractivity contribution >= 4 is 17.9 Å². The summed E-state index contributed by atoms with van der Waals surface area (Å²) in [6.45, 7) is 1.36. The molecule has 1 heterocycles. The van der Waals surface area contributed by atoms with E-state index < -0.39 is 0 Å². The number of nitrogens with zero attached hydrogens (tertiary/aromatic N) is 1. The minimum Gasteiger partial charge on any atom is -0.298 e. The number of piperidine rings is 1. The van der Waals surface area contributed by atoms with Crippen molar-refractivity contribution in [3.63, 3.8) is 0 Å². The number of hydrogen-bond donors (Lipinski definition) is 0. The van der Waals surface area contributed by atoms with E-state index in [1.165, 1.54) is 0 Å². The molecule has 0 amide bonds. The number of rotatable bonds is 4. The van der Waals surface area contributed by atoms with Gasteiger partial charge in [-0.15, -0.1) is 0 Å². The predicted molar refractivity (Wildman–Crippen MR) is 110 cm³/mol. The smallest absolute Gasteiger partial charge is 0.187 e. The molecule has 1 aliphatic rings. The molecule has 0 radical (unpaired) electrons. The lowest BCUT2D eigenvalue weighted by atomic mass is 9.97. The second kappa shape index (κ2) is 8.93. The normalized spacial score (nSPS) is 19.2. The van der Waals surface area contributed by atoms with Crippen LogP contribution in [0.1, 0.15) is 11.1 Å². The molecule has 0 atom stereocenters. The zero-order valence-corrected chi connectivity index (χ0v) is 15.0. The van der Waals surface area contributed by atoms with Crippen LogP contribution in [0.5, 0.6) is 0 Å². The van der Waals surface area contributed by atoms with Gasteiger partial charge in [0, 0.05) is 24.2 Å². The van der Waals surface area contributed by atoms with Gasteiger partial charge < -0.3 is 0 Å². The third kappa shape index (κ3) is 5.01. The molecule has 1 saturated heterocycles. The number of carbonyl (C=O) groups is 1. The van der Waals surface area contributed by atoms with Crippen LogP contribution in [0.15, 0.2) is 96.1 Å². The average Bonchev–Trinajstić information content (AvgIpc) is 2.67. The molecular formula is C24H23NO. The van der Waals surface area contributed by atoms with Gasteiger partial charge in [-0.1, -0.05) is 97.1 Å². The summed E-state index contributed by atoms with van der Waals surface area (Å²) >= 11 is 0. The minimum atomic E-state index is 0.138. The Hall–Kier alpha value is -2.97. The van der Waals surface area contributed by atoms with E-state index in [1.54, 1.807) is 0 Å². The Morgan fingerprint density at radius 1 is 0.731 bits per heavy atom. The molecule has 0 saturated carbocycles. The first-order valence-electron chi connectivity index (χ1n) is 8.80. The molecule has 2 aromatic rings. The van der Waals surface area contributed by atoms with Crippen molar-refractivity contribution in [3.8, 4) is 0 Å². The number of carbonyl (C=O) groups excluding carboxylic acids is 1. The van der Waals surface area contributed by atoms with Gasteiger partial charge in [-0.25, -0.2) is 0 Å². The van der Waals surface area contributed by atoms with E-state index in [9.17, 15) is 4.79 Å². The molecule has 2 heteroatoms. The topological polar surface area (TPSA) is 20.3 Å². The summed E-state index contributed by atoms with van der Waals surface area (Å²) in [7, 11) is 2.04. The lowest BCUT2D eigenvalue weighted by molar-refractivity contribution is -0.113. The van der Waals surface area contributed by atoms with E-state index in [0.29, 0.717) is 13.1 Å². The van der Waals surface area contributed by atoms with Gasteiger partial charge in [0.25, 0.3) is 0 Å². The van der Waals surface area contributed by atoms with E-state index in [-0.39, 0.29) is 5.78 Å². The fraction of sp³-hybridized carbons (Fsp3) is 0.125. The standard InChI is InChI=1S/C24H23NO/c1-25-18-22(16-8-14-20-10-4-2-5-11-20)24(26)23(19-25)17-9-15-21-12-6-3-7-13-21/h2-17H,18-19H2,1H3/b14-8-,15-9+,22-16-,23-17+. The van der Waals surface area contributed by atoms with E-state index in [4.69, 9.17) is 0 Å². The van der Waals surface area contributed by atoms with Crippen LogP contribution in [0.2, 0.25) is 0 Å². The molecule has 3 rings (SSSR count). The Balaban J connectivity index is 1.73.